The van der Waals surface area contributed by atoms with Crippen molar-refractivity contribution in [2.24, 2.45) is 5.73 Å². The van der Waals surface area contributed by atoms with E-state index in [9.17, 15) is 19.0 Å². The molecule has 56 heavy (non-hydrogen) atoms. The number of rotatable bonds is 46. The maximum Gasteiger partial charge on any atom is 0.472 e. The van der Waals surface area contributed by atoms with Gasteiger partial charge in [0, 0.05) is 13.0 Å². The van der Waals surface area contributed by atoms with Gasteiger partial charge in [0.15, 0.2) is 0 Å². The molecule has 0 aromatic heterocycles. The molecule has 0 spiro atoms. The summed E-state index contributed by atoms with van der Waals surface area (Å²) in [4.78, 5) is 33.5. The summed E-state index contributed by atoms with van der Waals surface area (Å²) in [6.07, 6.45) is 43.1. The van der Waals surface area contributed by atoms with Crippen molar-refractivity contribution in [3.63, 3.8) is 0 Å². The van der Waals surface area contributed by atoms with Crippen LogP contribution < -0.4 is 5.73 Å². The molecule has 3 atom stereocenters. The highest BCUT2D eigenvalue weighted by Crippen LogP contribution is 2.43. The maximum absolute atomic E-state index is 12.6. The molecule has 0 radical (unpaired) electrons. The molecule has 10 nitrogen and oxygen atoms in total. The lowest BCUT2D eigenvalue weighted by Crippen LogP contribution is -2.34. The molecule has 0 saturated heterocycles. The van der Waals surface area contributed by atoms with Crippen LogP contribution in [0.5, 0.6) is 0 Å². The SMILES string of the molecule is CCCCCCCCCCCCCCCCCCCCCCCCCC(=O)OC(COCCCCCCCCCCCCC)COP(=O)(O)OCC(N)C(=O)O. The van der Waals surface area contributed by atoms with Crippen LogP contribution in [0.1, 0.15) is 239 Å². The van der Waals surface area contributed by atoms with E-state index in [1.807, 2.05) is 0 Å². The molecule has 0 rings (SSSR count). The molecule has 0 aliphatic heterocycles. The first-order valence-corrected chi connectivity index (χ1v) is 25.1. The van der Waals surface area contributed by atoms with Crippen LogP contribution >= 0.6 is 7.82 Å². The van der Waals surface area contributed by atoms with Gasteiger partial charge in [-0.3, -0.25) is 18.6 Å². The number of hydrogen-bond donors (Lipinski definition) is 3. The van der Waals surface area contributed by atoms with Crippen LogP contribution in [0, 0.1) is 0 Å². The summed E-state index contributed by atoms with van der Waals surface area (Å²) in [6, 6.07) is -1.47. The van der Waals surface area contributed by atoms with Gasteiger partial charge in [-0.15, -0.1) is 0 Å². The zero-order valence-corrected chi connectivity index (χ0v) is 37.4. The van der Waals surface area contributed by atoms with Gasteiger partial charge in [-0.05, 0) is 12.8 Å². The van der Waals surface area contributed by atoms with Gasteiger partial charge in [-0.2, -0.15) is 0 Å². The number of aliphatic carboxylic acids is 1. The molecule has 0 fully saturated rings. The Morgan fingerprint density at radius 3 is 1.18 bits per heavy atom. The lowest BCUT2D eigenvalue weighted by atomic mass is 10.0. The van der Waals surface area contributed by atoms with E-state index in [0.717, 1.165) is 38.5 Å². The molecule has 0 amide bonds. The molecule has 0 bridgehead atoms. The van der Waals surface area contributed by atoms with Crippen LogP contribution in [-0.4, -0.2) is 60.5 Å². The largest absolute Gasteiger partial charge is 0.480 e. The Bertz CT molecular complexity index is 909. The molecule has 0 aromatic rings. The fourth-order valence-electron chi connectivity index (χ4n) is 6.96. The van der Waals surface area contributed by atoms with Crippen molar-refractivity contribution in [3.8, 4) is 0 Å². The fraction of sp³-hybridized carbons (Fsp3) is 0.956. The van der Waals surface area contributed by atoms with Crippen LogP contribution in [0.15, 0.2) is 0 Å². The average molecular weight is 820 g/mol. The number of carbonyl (C=O) groups excluding carboxylic acids is 1. The predicted molar refractivity (Wildman–Crippen MR) is 231 cm³/mol. The van der Waals surface area contributed by atoms with Crippen LogP contribution in [0.4, 0.5) is 0 Å². The minimum Gasteiger partial charge on any atom is -0.480 e. The van der Waals surface area contributed by atoms with Crippen molar-refractivity contribution in [3.05, 3.63) is 0 Å². The quantitative estimate of drug-likeness (QED) is 0.0307. The van der Waals surface area contributed by atoms with Crippen LogP contribution in [0.2, 0.25) is 0 Å². The van der Waals surface area contributed by atoms with Gasteiger partial charge < -0.3 is 25.2 Å². The van der Waals surface area contributed by atoms with Gasteiger partial charge >= 0.3 is 19.8 Å². The monoisotopic (exact) mass is 820 g/mol. The number of phosphoric acid groups is 1. The van der Waals surface area contributed by atoms with Gasteiger partial charge in [-0.25, -0.2) is 4.57 Å². The second-order valence-electron chi connectivity index (χ2n) is 16.3. The smallest absolute Gasteiger partial charge is 0.472 e. The average Bonchev–Trinajstić information content (AvgIpc) is 3.18. The molecule has 334 valence electrons. The van der Waals surface area contributed by atoms with Gasteiger partial charge in [0.25, 0.3) is 0 Å². The number of carboxylic acid groups (broad SMARTS) is 1. The Morgan fingerprint density at radius 1 is 0.500 bits per heavy atom. The second kappa shape index (κ2) is 42.1. The van der Waals surface area contributed by atoms with Crippen molar-refractivity contribution in [2.45, 2.75) is 251 Å². The molecule has 0 aromatic carbocycles. The number of carboxylic acids is 1. The first kappa shape index (κ1) is 55.0. The number of hydrogen-bond acceptors (Lipinski definition) is 8. The summed E-state index contributed by atoms with van der Waals surface area (Å²) >= 11 is 0. The molecule has 0 aliphatic rings. The predicted octanol–water partition coefficient (Wildman–Crippen LogP) is 13.2. The van der Waals surface area contributed by atoms with E-state index in [4.69, 9.17) is 29.4 Å². The van der Waals surface area contributed by atoms with Crippen molar-refractivity contribution in [2.75, 3.05) is 26.4 Å². The Hall–Kier alpha value is -1.03. The molecular weight excluding hydrogens is 729 g/mol. The Labute approximate surface area is 344 Å². The second-order valence-corrected chi connectivity index (χ2v) is 17.7. The van der Waals surface area contributed by atoms with Crippen LogP contribution in [0.3, 0.4) is 0 Å². The molecule has 0 aliphatic carbocycles. The third-order valence-corrected chi connectivity index (χ3v) is 11.6. The van der Waals surface area contributed by atoms with E-state index in [1.54, 1.807) is 0 Å². The third kappa shape index (κ3) is 41.1. The highest BCUT2D eigenvalue weighted by Gasteiger charge is 2.27. The van der Waals surface area contributed by atoms with E-state index < -0.39 is 45.1 Å². The Balaban J connectivity index is 4.04. The first-order valence-electron chi connectivity index (χ1n) is 23.6. The molecule has 0 saturated carbocycles. The highest BCUT2D eigenvalue weighted by atomic mass is 31.2. The van der Waals surface area contributed by atoms with E-state index in [0.29, 0.717) is 6.61 Å². The van der Waals surface area contributed by atoms with E-state index in [1.165, 1.54) is 180 Å². The normalized spacial score (nSPS) is 13.8. The third-order valence-electron chi connectivity index (χ3n) is 10.6. The summed E-state index contributed by atoms with van der Waals surface area (Å²) < 4.78 is 33.4. The van der Waals surface area contributed by atoms with Crippen molar-refractivity contribution >= 4 is 19.8 Å². The minimum absolute atomic E-state index is 0.0253. The van der Waals surface area contributed by atoms with Gasteiger partial charge in [-0.1, -0.05) is 219 Å². The van der Waals surface area contributed by atoms with Crippen molar-refractivity contribution < 1.29 is 42.7 Å². The van der Waals surface area contributed by atoms with Gasteiger partial charge in [0.2, 0.25) is 0 Å². The minimum atomic E-state index is -4.61. The Morgan fingerprint density at radius 2 is 0.821 bits per heavy atom. The summed E-state index contributed by atoms with van der Waals surface area (Å²) in [5, 5.41) is 8.89. The fourth-order valence-corrected chi connectivity index (χ4v) is 7.74. The zero-order chi connectivity index (χ0) is 41.2. The summed E-state index contributed by atoms with van der Waals surface area (Å²) in [6.45, 7) is 3.93. The highest BCUT2D eigenvalue weighted by molar-refractivity contribution is 7.47. The lowest BCUT2D eigenvalue weighted by molar-refractivity contribution is -0.154. The van der Waals surface area contributed by atoms with Crippen molar-refractivity contribution in [1.29, 1.82) is 0 Å². The number of ether oxygens (including phenoxy) is 2. The number of nitrogens with two attached hydrogens (primary N) is 1. The topological polar surface area (TPSA) is 155 Å². The molecule has 4 N–H and O–H groups in total. The number of unbranched alkanes of at least 4 members (excludes halogenated alkanes) is 32. The van der Waals surface area contributed by atoms with Crippen molar-refractivity contribution in [1.82, 2.24) is 0 Å². The lowest BCUT2D eigenvalue weighted by Gasteiger charge is -2.20. The molecule has 3 unspecified atom stereocenters. The molecular formula is C45H90NO9P. The van der Waals surface area contributed by atoms with Crippen LogP contribution in [0.25, 0.3) is 0 Å². The Kier molecular flexibility index (Phi) is 41.3. The number of carbonyl (C=O) groups is 2. The summed E-state index contributed by atoms with van der Waals surface area (Å²) in [5.74, 6) is -1.76. The van der Waals surface area contributed by atoms with E-state index in [-0.39, 0.29) is 13.0 Å². The molecule has 0 heterocycles. The first-order chi connectivity index (χ1) is 27.2. The van der Waals surface area contributed by atoms with Crippen LogP contribution in [-0.2, 0) is 32.7 Å². The van der Waals surface area contributed by atoms with E-state index in [2.05, 4.69) is 13.8 Å². The standard InChI is InChI=1S/C45H90NO9P/c1-3-5-7-9-11-13-15-16-17-18-19-20-21-22-23-24-25-26-27-29-31-33-35-37-44(47)55-42(40-53-56(50,51)54-41-43(46)45(48)49)39-52-38-36-34-32-30-28-14-12-10-8-6-4-2/h42-43H,3-41,46H2,1-2H3,(H,48,49)(H,50,51). The number of phosphoric ester groups is 1. The summed E-state index contributed by atoms with van der Waals surface area (Å²) in [5.41, 5.74) is 5.36. The van der Waals surface area contributed by atoms with Gasteiger partial charge in [0.05, 0.1) is 19.8 Å². The maximum atomic E-state index is 12.6. The van der Waals surface area contributed by atoms with E-state index >= 15 is 0 Å². The molecule has 11 heteroatoms. The zero-order valence-electron chi connectivity index (χ0n) is 36.5. The van der Waals surface area contributed by atoms with Gasteiger partial charge in [0.1, 0.15) is 12.1 Å². The number of esters is 1. The summed E-state index contributed by atoms with van der Waals surface area (Å²) in [7, 11) is -4.61.